The van der Waals surface area contributed by atoms with Gasteiger partial charge in [-0.3, -0.25) is 19.1 Å². The smallest absolute Gasteiger partial charge is 0.408 e. The van der Waals surface area contributed by atoms with Crippen LogP contribution >= 0.6 is 0 Å². The Balaban J connectivity index is 1.36. The molecule has 1 aromatic carbocycles. The lowest BCUT2D eigenvalue weighted by molar-refractivity contribution is -0.142. The highest BCUT2D eigenvalue weighted by Crippen LogP contribution is 2.49. The number of fused-ring (bicyclic) bond motifs is 3. The third kappa shape index (κ3) is 8.86. The minimum Gasteiger partial charge on any atom is -0.494 e. The molecule has 7 atom stereocenters. The quantitative estimate of drug-likeness (QED) is 0.295. The summed E-state index contributed by atoms with van der Waals surface area (Å²) in [4.78, 5) is 64.8. The molecule has 2 aliphatic carbocycles. The van der Waals surface area contributed by atoms with Crippen LogP contribution in [-0.4, -0.2) is 104 Å². The summed E-state index contributed by atoms with van der Waals surface area (Å²) >= 11 is 0. The lowest BCUT2D eigenvalue weighted by Crippen LogP contribution is -2.59. The second-order valence-electron chi connectivity index (χ2n) is 17.9. The van der Waals surface area contributed by atoms with Crippen molar-refractivity contribution in [2.24, 2.45) is 17.8 Å². The molecule has 318 valence electrons. The number of nitrogens with one attached hydrogen (secondary N) is 3. The molecular weight excluding hydrogens is 765 g/mol. The van der Waals surface area contributed by atoms with Crippen molar-refractivity contribution in [2.75, 3.05) is 32.6 Å². The fraction of sp³-hybridized carbons (Fsp3) is 0.643. The van der Waals surface area contributed by atoms with Crippen molar-refractivity contribution in [1.29, 1.82) is 0 Å². The molecule has 3 heterocycles. The molecule has 2 aromatic rings. The predicted molar refractivity (Wildman–Crippen MR) is 220 cm³/mol. The number of carbonyl (C=O) groups excluding carboxylic acids is 4. The number of hydrogen-bond donors (Lipinski definition) is 3. The zero-order valence-electron chi connectivity index (χ0n) is 35.2. The van der Waals surface area contributed by atoms with Crippen LogP contribution < -0.4 is 29.7 Å². The van der Waals surface area contributed by atoms with E-state index in [1.165, 1.54) is 4.90 Å². The maximum atomic E-state index is 14.9. The van der Waals surface area contributed by atoms with Gasteiger partial charge in [-0.05, 0) is 95.8 Å². The number of carbonyl (C=O) groups is 4. The zero-order chi connectivity index (χ0) is 42.4. The Morgan fingerprint density at radius 2 is 1.83 bits per heavy atom. The molecular formula is C42H60N6O9S. The number of pyridine rings is 1. The van der Waals surface area contributed by atoms with E-state index in [0.717, 1.165) is 17.5 Å². The second-order valence-corrected chi connectivity index (χ2v) is 20.0. The van der Waals surface area contributed by atoms with E-state index in [2.05, 4.69) is 27.3 Å². The summed E-state index contributed by atoms with van der Waals surface area (Å²) in [6.07, 6.45) is 7.46. The van der Waals surface area contributed by atoms with Gasteiger partial charge in [0.05, 0.1) is 24.6 Å². The number of benzene rings is 1. The van der Waals surface area contributed by atoms with Gasteiger partial charge < -0.3 is 34.6 Å². The Bertz CT molecular complexity index is 2060. The fourth-order valence-electron chi connectivity index (χ4n) is 8.39. The summed E-state index contributed by atoms with van der Waals surface area (Å²) in [5, 5.41) is 7.18. The Hall–Kier alpha value is -4.60. The number of alkyl carbamates (subject to hydrolysis) is 1. The molecule has 3 fully saturated rings. The van der Waals surface area contributed by atoms with Gasteiger partial charge in [0.2, 0.25) is 27.7 Å². The number of nitrogens with zero attached hydrogens (tertiary/aromatic N) is 3. The zero-order valence-corrected chi connectivity index (χ0v) is 36.0. The predicted octanol–water partition coefficient (Wildman–Crippen LogP) is 4.83. The Labute approximate surface area is 342 Å². The minimum atomic E-state index is -4.02. The van der Waals surface area contributed by atoms with Crippen LogP contribution in [0.1, 0.15) is 92.9 Å². The van der Waals surface area contributed by atoms with Gasteiger partial charge in [0.15, 0.2) is 0 Å². The average molecular weight is 825 g/mol. The fourth-order valence-corrected chi connectivity index (χ4v) is 10.1. The molecule has 1 aromatic heterocycles. The Morgan fingerprint density at radius 1 is 1.10 bits per heavy atom. The first-order valence-electron chi connectivity index (χ1n) is 20.4. The van der Waals surface area contributed by atoms with Gasteiger partial charge in [-0.25, -0.2) is 18.2 Å². The van der Waals surface area contributed by atoms with E-state index in [1.54, 1.807) is 41.0 Å². The van der Waals surface area contributed by atoms with Crippen molar-refractivity contribution in [1.82, 2.24) is 25.2 Å². The SMILES string of the molecule is CCC1(S(=O)(=O)NC(=O)[C@@]23C[C@H]2/C=C\CC[C@H](C)C[C@@H](C)[C@H](NC(=O)OC(C)(C)C)C(=O)N2C[C@H](Oc4ncc(OC)c5cc(N(C)C)ccc45)C[C@H]2C(=O)N3)CC1. The topological polar surface area (TPSA) is 186 Å². The average Bonchev–Trinajstić information content (AvgIpc) is 4.05. The molecule has 0 radical (unpaired) electrons. The first-order chi connectivity index (χ1) is 27.2. The van der Waals surface area contributed by atoms with E-state index < -0.39 is 73.8 Å². The molecule has 58 heavy (non-hydrogen) atoms. The van der Waals surface area contributed by atoms with Gasteiger partial charge in [0.25, 0.3) is 5.91 Å². The summed E-state index contributed by atoms with van der Waals surface area (Å²) < 4.78 is 46.0. The molecule has 4 amide bonds. The second kappa shape index (κ2) is 16.2. The van der Waals surface area contributed by atoms with Crippen LogP contribution in [0.3, 0.4) is 0 Å². The van der Waals surface area contributed by atoms with Gasteiger partial charge in [-0.2, -0.15) is 0 Å². The lowest BCUT2D eigenvalue weighted by atomic mass is 9.88. The number of ether oxygens (including phenoxy) is 3. The number of rotatable bonds is 9. The summed E-state index contributed by atoms with van der Waals surface area (Å²) in [6, 6.07) is 3.57. The van der Waals surface area contributed by atoms with Crippen molar-refractivity contribution in [3.8, 4) is 11.6 Å². The maximum Gasteiger partial charge on any atom is 0.408 e. The van der Waals surface area contributed by atoms with Crippen LogP contribution in [0.2, 0.25) is 0 Å². The monoisotopic (exact) mass is 824 g/mol. The van der Waals surface area contributed by atoms with E-state index in [-0.39, 0.29) is 37.1 Å². The molecule has 2 aliphatic heterocycles. The van der Waals surface area contributed by atoms with Gasteiger partial charge in [-0.1, -0.05) is 32.9 Å². The van der Waals surface area contributed by atoms with Crippen molar-refractivity contribution in [3.63, 3.8) is 0 Å². The number of methoxy groups -OCH3 is 1. The lowest BCUT2D eigenvalue weighted by Gasteiger charge is -2.33. The number of allylic oxidation sites excluding steroid dienone is 1. The van der Waals surface area contributed by atoms with E-state index in [0.29, 0.717) is 43.2 Å². The molecule has 16 heteroatoms. The molecule has 4 aliphatic rings. The molecule has 0 unspecified atom stereocenters. The number of sulfonamides is 1. The Morgan fingerprint density at radius 3 is 2.47 bits per heavy atom. The van der Waals surface area contributed by atoms with Crippen LogP contribution in [0.4, 0.5) is 10.5 Å². The normalized spacial score (nSPS) is 29.1. The van der Waals surface area contributed by atoms with Crippen molar-refractivity contribution >= 4 is 50.3 Å². The minimum absolute atomic E-state index is 0.0297. The van der Waals surface area contributed by atoms with Crippen LogP contribution in [0.5, 0.6) is 11.6 Å². The molecule has 1 saturated heterocycles. The van der Waals surface area contributed by atoms with E-state index in [4.69, 9.17) is 14.2 Å². The maximum absolute atomic E-state index is 14.9. The molecule has 3 N–H and O–H groups in total. The van der Waals surface area contributed by atoms with Crippen molar-refractivity contribution in [3.05, 3.63) is 36.5 Å². The van der Waals surface area contributed by atoms with Crippen molar-refractivity contribution in [2.45, 2.75) is 127 Å². The van der Waals surface area contributed by atoms with Crippen LogP contribution in [0.25, 0.3) is 10.8 Å². The first kappa shape index (κ1) is 43.0. The van der Waals surface area contributed by atoms with Gasteiger partial charge >= 0.3 is 6.09 Å². The van der Waals surface area contributed by atoms with Gasteiger partial charge in [0.1, 0.15) is 35.1 Å². The highest BCUT2D eigenvalue weighted by Gasteiger charge is 2.63. The molecule has 0 spiro atoms. The summed E-state index contributed by atoms with van der Waals surface area (Å²) in [7, 11) is 1.41. The number of anilines is 1. The summed E-state index contributed by atoms with van der Waals surface area (Å²) in [6.45, 7) is 10.9. The first-order valence-corrected chi connectivity index (χ1v) is 21.9. The molecule has 0 bridgehead atoms. The van der Waals surface area contributed by atoms with Crippen LogP contribution in [0.15, 0.2) is 36.5 Å². The molecule has 15 nitrogen and oxygen atoms in total. The van der Waals surface area contributed by atoms with E-state index in [1.807, 2.05) is 56.3 Å². The van der Waals surface area contributed by atoms with Gasteiger partial charge in [0, 0.05) is 42.9 Å². The van der Waals surface area contributed by atoms with Gasteiger partial charge in [-0.15, -0.1) is 0 Å². The molecule has 6 rings (SSSR count). The third-order valence-corrected chi connectivity index (χ3v) is 14.4. The number of amides is 4. The van der Waals surface area contributed by atoms with E-state index >= 15 is 0 Å². The standard InChI is InChI=1S/C42H60N6O9S/c1-10-41(17-18-41)58(53,54)46-38(51)42-22-27(42)14-12-11-13-25(2)19-26(3)34(44-39(52)57-40(4,5)6)37(50)48-24-29(21-32(48)35(49)45-42)56-36-30-16-15-28(47(7)8)20-31(30)33(55-9)23-43-36/h12,14-16,20,23,25-27,29,32,34H,10-11,13,17-19,21-22,24H2,1-9H3,(H,44,52)(H,45,49)(H,46,51)/b14-12-/t25-,26+,27+,29+,32-,34-,42+/m0/s1. The van der Waals surface area contributed by atoms with Crippen molar-refractivity contribution < 1.29 is 41.8 Å². The number of aromatic nitrogens is 1. The highest BCUT2D eigenvalue weighted by atomic mass is 32.2. The summed E-state index contributed by atoms with van der Waals surface area (Å²) in [5.41, 5.74) is -1.43. The number of hydrogen-bond acceptors (Lipinski definition) is 11. The third-order valence-electron chi connectivity index (χ3n) is 12.2. The Kier molecular flexibility index (Phi) is 12.0. The van der Waals surface area contributed by atoms with Crippen LogP contribution in [-0.2, 0) is 29.1 Å². The van der Waals surface area contributed by atoms with E-state index in [9.17, 15) is 27.6 Å². The summed E-state index contributed by atoms with van der Waals surface area (Å²) in [5.74, 6) is -1.75. The molecule has 2 saturated carbocycles. The largest absolute Gasteiger partial charge is 0.494 e. The van der Waals surface area contributed by atoms with Crippen LogP contribution in [0, 0.1) is 17.8 Å². The highest BCUT2D eigenvalue weighted by molar-refractivity contribution is 7.91.